The Balaban J connectivity index is 1.53. The van der Waals surface area contributed by atoms with Crippen LogP contribution in [0.25, 0.3) is 0 Å². The minimum Gasteiger partial charge on any atom is -0.489 e. The minimum atomic E-state index is 0.124. The van der Waals surface area contributed by atoms with Gasteiger partial charge in [-0.2, -0.15) is 0 Å². The summed E-state index contributed by atoms with van der Waals surface area (Å²) in [4.78, 5) is 14.7. The van der Waals surface area contributed by atoms with Gasteiger partial charge in [-0.15, -0.1) is 0 Å². The monoisotopic (exact) mass is 301 g/mol. The highest BCUT2D eigenvalue weighted by atomic mass is 16.5. The summed E-state index contributed by atoms with van der Waals surface area (Å²) in [6.45, 7) is 3.19. The van der Waals surface area contributed by atoms with Crippen LogP contribution in [0.2, 0.25) is 0 Å². The number of carbonyl (C=O) groups is 1. The highest BCUT2D eigenvalue weighted by Gasteiger charge is 2.46. The second-order valence-electron chi connectivity index (χ2n) is 6.95. The molecule has 1 aliphatic carbocycles. The van der Waals surface area contributed by atoms with Gasteiger partial charge < -0.3 is 14.4 Å². The summed E-state index contributed by atoms with van der Waals surface area (Å²) in [6.07, 6.45) is 7.04. The molecule has 118 valence electrons. The van der Waals surface area contributed by atoms with Gasteiger partial charge in [0.25, 0.3) is 5.91 Å². The van der Waals surface area contributed by atoms with E-state index >= 15 is 0 Å². The van der Waals surface area contributed by atoms with E-state index in [9.17, 15) is 4.79 Å². The van der Waals surface area contributed by atoms with E-state index < -0.39 is 0 Å². The van der Waals surface area contributed by atoms with Crippen molar-refractivity contribution >= 4 is 5.91 Å². The number of benzene rings is 1. The third kappa shape index (κ3) is 2.67. The predicted molar refractivity (Wildman–Crippen MR) is 83.5 cm³/mol. The van der Waals surface area contributed by atoms with Crippen molar-refractivity contribution in [2.75, 3.05) is 26.3 Å². The van der Waals surface area contributed by atoms with Gasteiger partial charge in [-0.05, 0) is 43.9 Å². The van der Waals surface area contributed by atoms with Gasteiger partial charge in [0, 0.05) is 24.1 Å². The number of ether oxygens (including phenoxy) is 2. The summed E-state index contributed by atoms with van der Waals surface area (Å²) in [7, 11) is 0. The quantitative estimate of drug-likeness (QED) is 0.799. The van der Waals surface area contributed by atoms with Crippen LogP contribution >= 0.6 is 0 Å². The summed E-state index contributed by atoms with van der Waals surface area (Å²) in [5.41, 5.74) is 0.949. The average Bonchev–Trinajstić information content (AvgIpc) is 3.36. The molecule has 1 aromatic carbocycles. The third-order valence-corrected chi connectivity index (χ3v) is 5.11. The molecule has 0 bridgehead atoms. The van der Waals surface area contributed by atoms with Gasteiger partial charge in [-0.3, -0.25) is 4.79 Å². The van der Waals surface area contributed by atoms with Gasteiger partial charge in [0.15, 0.2) is 11.5 Å². The van der Waals surface area contributed by atoms with Crippen molar-refractivity contribution in [2.24, 2.45) is 5.41 Å². The summed E-state index contributed by atoms with van der Waals surface area (Å²) in [6, 6.07) is 5.63. The topological polar surface area (TPSA) is 38.8 Å². The molecule has 0 N–H and O–H groups in total. The number of hydrogen-bond donors (Lipinski definition) is 0. The van der Waals surface area contributed by atoms with Gasteiger partial charge in [-0.25, -0.2) is 0 Å². The molecular weight excluding hydrogens is 278 g/mol. The Labute approximate surface area is 131 Å². The van der Waals surface area contributed by atoms with Gasteiger partial charge >= 0.3 is 0 Å². The van der Waals surface area contributed by atoms with E-state index in [0.717, 1.165) is 49.6 Å². The zero-order valence-electron chi connectivity index (χ0n) is 13.0. The molecule has 1 amide bonds. The van der Waals surface area contributed by atoms with E-state index in [1.54, 1.807) is 0 Å². The van der Waals surface area contributed by atoms with Crippen LogP contribution < -0.4 is 9.47 Å². The Morgan fingerprint density at radius 1 is 0.955 bits per heavy atom. The molecule has 4 heteroatoms. The van der Waals surface area contributed by atoms with Gasteiger partial charge in [0.1, 0.15) is 0 Å². The van der Waals surface area contributed by atoms with Crippen LogP contribution in [0.3, 0.4) is 0 Å². The van der Waals surface area contributed by atoms with Crippen molar-refractivity contribution in [1.29, 1.82) is 0 Å². The van der Waals surface area contributed by atoms with Crippen molar-refractivity contribution in [3.63, 3.8) is 0 Å². The molecule has 3 aliphatic rings. The van der Waals surface area contributed by atoms with Gasteiger partial charge in [0.2, 0.25) is 0 Å². The fourth-order valence-corrected chi connectivity index (χ4v) is 3.30. The number of amides is 1. The zero-order chi connectivity index (χ0) is 15.0. The second kappa shape index (κ2) is 5.49. The summed E-state index contributed by atoms with van der Waals surface area (Å²) >= 11 is 0. The van der Waals surface area contributed by atoms with E-state index in [1.807, 2.05) is 23.1 Å². The van der Waals surface area contributed by atoms with Crippen molar-refractivity contribution in [1.82, 2.24) is 4.90 Å². The first kappa shape index (κ1) is 13.9. The molecule has 2 heterocycles. The number of fused-ring (bicyclic) bond motifs is 1. The van der Waals surface area contributed by atoms with Crippen LogP contribution in [0.15, 0.2) is 18.2 Å². The zero-order valence-corrected chi connectivity index (χ0v) is 13.0. The molecule has 2 aliphatic heterocycles. The van der Waals surface area contributed by atoms with Crippen molar-refractivity contribution in [3.05, 3.63) is 23.8 Å². The fraction of sp³-hybridized carbons (Fsp3) is 0.611. The molecule has 1 spiro atoms. The Hall–Kier alpha value is -1.71. The Bertz CT molecular complexity index is 572. The van der Waals surface area contributed by atoms with Crippen LogP contribution in [0.5, 0.6) is 11.5 Å². The first-order valence-corrected chi connectivity index (χ1v) is 8.45. The minimum absolute atomic E-state index is 0.124. The van der Waals surface area contributed by atoms with Crippen LogP contribution in [0, 0.1) is 5.41 Å². The van der Waals surface area contributed by atoms with E-state index in [-0.39, 0.29) is 11.3 Å². The Morgan fingerprint density at radius 2 is 1.64 bits per heavy atom. The third-order valence-electron chi connectivity index (χ3n) is 5.11. The maximum absolute atomic E-state index is 12.7. The molecule has 4 rings (SSSR count). The highest BCUT2D eigenvalue weighted by Crippen LogP contribution is 2.49. The average molecular weight is 301 g/mol. The lowest BCUT2D eigenvalue weighted by Crippen LogP contribution is -2.31. The summed E-state index contributed by atoms with van der Waals surface area (Å²) < 4.78 is 11.8. The lowest BCUT2D eigenvalue weighted by atomic mass is 10.1. The van der Waals surface area contributed by atoms with Gasteiger partial charge in [-0.1, -0.05) is 12.8 Å². The normalized spacial score (nSPS) is 22.8. The lowest BCUT2D eigenvalue weighted by Gasteiger charge is -2.20. The first-order valence-electron chi connectivity index (χ1n) is 8.45. The Kier molecular flexibility index (Phi) is 3.47. The molecular formula is C18H23NO3. The van der Waals surface area contributed by atoms with E-state index in [2.05, 4.69) is 0 Å². The van der Waals surface area contributed by atoms with Crippen LogP contribution in [0.1, 0.15) is 48.9 Å². The number of rotatable bonds is 1. The van der Waals surface area contributed by atoms with Crippen molar-refractivity contribution < 1.29 is 14.3 Å². The van der Waals surface area contributed by atoms with E-state index in [0.29, 0.717) is 6.61 Å². The molecule has 0 aromatic heterocycles. The number of likely N-dealkylation sites (tertiary alicyclic amines) is 1. The maximum atomic E-state index is 12.7. The smallest absolute Gasteiger partial charge is 0.253 e. The SMILES string of the molecule is O=C(c1ccc2c(c1)OCC1(CC1)CO2)N1CCCCCC1. The molecule has 22 heavy (non-hydrogen) atoms. The van der Waals surface area contributed by atoms with Crippen LogP contribution in [0.4, 0.5) is 0 Å². The maximum Gasteiger partial charge on any atom is 0.253 e. The standard InChI is InChI=1S/C18H23NO3/c20-17(19-9-3-1-2-4-10-19)14-5-6-15-16(11-14)22-13-18(7-8-18)12-21-15/h5-6,11H,1-4,7-10,12-13H2. The summed E-state index contributed by atoms with van der Waals surface area (Å²) in [5, 5.41) is 0. The first-order chi connectivity index (χ1) is 10.8. The molecule has 2 fully saturated rings. The van der Waals surface area contributed by atoms with Crippen molar-refractivity contribution in [3.8, 4) is 11.5 Å². The van der Waals surface area contributed by atoms with E-state index in [4.69, 9.17) is 9.47 Å². The lowest BCUT2D eigenvalue weighted by molar-refractivity contribution is 0.0761. The summed E-state index contributed by atoms with van der Waals surface area (Å²) in [5.74, 6) is 1.62. The number of carbonyl (C=O) groups excluding carboxylic acids is 1. The van der Waals surface area contributed by atoms with Gasteiger partial charge in [0.05, 0.1) is 13.2 Å². The highest BCUT2D eigenvalue weighted by molar-refractivity contribution is 5.95. The van der Waals surface area contributed by atoms with Crippen LogP contribution in [-0.4, -0.2) is 37.1 Å². The number of nitrogens with zero attached hydrogens (tertiary/aromatic N) is 1. The Morgan fingerprint density at radius 3 is 2.32 bits per heavy atom. The van der Waals surface area contributed by atoms with Crippen molar-refractivity contribution in [2.45, 2.75) is 38.5 Å². The molecule has 1 aromatic rings. The molecule has 1 saturated heterocycles. The molecule has 0 unspecified atom stereocenters. The molecule has 4 nitrogen and oxygen atoms in total. The molecule has 0 radical (unpaired) electrons. The number of hydrogen-bond acceptors (Lipinski definition) is 3. The molecule has 0 atom stereocenters. The van der Waals surface area contributed by atoms with Crippen LogP contribution in [-0.2, 0) is 0 Å². The van der Waals surface area contributed by atoms with E-state index in [1.165, 1.54) is 25.7 Å². The fourth-order valence-electron chi connectivity index (χ4n) is 3.30. The predicted octanol–water partition coefficient (Wildman–Crippen LogP) is 3.25. The molecule has 1 saturated carbocycles. The largest absolute Gasteiger partial charge is 0.489 e. The second-order valence-corrected chi connectivity index (χ2v) is 6.95.